The Labute approximate surface area is 102 Å². The summed E-state index contributed by atoms with van der Waals surface area (Å²) in [6.07, 6.45) is 0.519. The topological polar surface area (TPSA) is 41.5 Å². The van der Waals surface area contributed by atoms with E-state index in [4.69, 9.17) is 0 Å². The van der Waals surface area contributed by atoms with Gasteiger partial charge in [0, 0.05) is 12.3 Å². The molecule has 17 heavy (non-hydrogen) atoms. The molecule has 1 unspecified atom stereocenters. The SMILES string of the molecule is Cc1cc(C2=NNC(=O)CC2C)cc(C)c1C. The molecule has 1 heterocycles. The first kappa shape index (κ1) is 11.8. The fourth-order valence-corrected chi connectivity index (χ4v) is 2.19. The Morgan fingerprint density at radius 3 is 2.35 bits per heavy atom. The van der Waals surface area contributed by atoms with Crippen LogP contribution in [-0.2, 0) is 4.79 Å². The van der Waals surface area contributed by atoms with Gasteiger partial charge < -0.3 is 0 Å². The molecule has 90 valence electrons. The van der Waals surface area contributed by atoms with Crippen molar-refractivity contribution in [3.63, 3.8) is 0 Å². The highest BCUT2D eigenvalue weighted by molar-refractivity contribution is 6.06. The zero-order valence-corrected chi connectivity index (χ0v) is 10.8. The van der Waals surface area contributed by atoms with Crippen molar-refractivity contribution in [1.29, 1.82) is 0 Å². The average molecular weight is 230 g/mol. The predicted octanol–water partition coefficient (Wildman–Crippen LogP) is 2.47. The van der Waals surface area contributed by atoms with Crippen LogP contribution in [0.2, 0.25) is 0 Å². The van der Waals surface area contributed by atoms with Gasteiger partial charge in [0.2, 0.25) is 5.91 Å². The van der Waals surface area contributed by atoms with Gasteiger partial charge in [-0.25, -0.2) is 5.43 Å². The van der Waals surface area contributed by atoms with Crippen molar-refractivity contribution in [2.75, 3.05) is 0 Å². The molecule has 0 aliphatic carbocycles. The molecular formula is C14H18N2O. The van der Waals surface area contributed by atoms with Crippen LogP contribution in [0.5, 0.6) is 0 Å². The van der Waals surface area contributed by atoms with E-state index in [1.165, 1.54) is 16.7 Å². The average Bonchev–Trinajstić information content (AvgIpc) is 2.25. The molecule has 3 heteroatoms. The molecule has 0 aromatic heterocycles. The summed E-state index contributed by atoms with van der Waals surface area (Å²) >= 11 is 0. The standard InChI is InChI=1S/C14H18N2O/c1-8-5-12(6-9(2)11(8)4)14-10(3)7-13(17)15-16-14/h5-6,10H,7H2,1-4H3,(H,15,17). The van der Waals surface area contributed by atoms with E-state index in [0.29, 0.717) is 6.42 Å². The summed E-state index contributed by atoms with van der Waals surface area (Å²) in [5, 5.41) is 4.19. The van der Waals surface area contributed by atoms with Gasteiger partial charge in [0.15, 0.2) is 0 Å². The molecule has 0 saturated carbocycles. The van der Waals surface area contributed by atoms with E-state index in [0.717, 1.165) is 11.3 Å². The third-order valence-electron chi connectivity index (χ3n) is 3.48. The van der Waals surface area contributed by atoms with Gasteiger partial charge in [0.1, 0.15) is 0 Å². The summed E-state index contributed by atoms with van der Waals surface area (Å²) in [4.78, 5) is 11.2. The van der Waals surface area contributed by atoms with Gasteiger partial charge >= 0.3 is 0 Å². The number of aryl methyl sites for hydroxylation is 2. The molecule has 1 amide bonds. The summed E-state index contributed by atoms with van der Waals surface area (Å²) in [5.41, 5.74) is 8.53. The van der Waals surface area contributed by atoms with Crippen molar-refractivity contribution >= 4 is 11.6 Å². The van der Waals surface area contributed by atoms with Crippen LogP contribution in [0.1, 0.15) is 35.6 Å². The molecule has 0 fully saturated rings. The second kappa shape index (κ2) is 4.32. The van der Waals surface area contributed by atoms with Gasteiger partial charge in [-0.15, -0.1) is 0 Å². The molecule has 0 spiro atoms. The lowest BCUT2D eigenvalue weighted by atomic mass is 9.90. The minimum absolute atomic E-state index is 0.00167. The zero-order chi connectivity index (χ0) is 12.6. The Balaban J connectivity index is 2.44. The van der Waals surface area contributed by atoms with Crippen molar-refractivity contribution in [3.8, 4) is 0 Å². The van der Waals surface area contributed by atoms with E-state index >= 15 is 0 Å². The highest BCUT2D eigenvalue weighted by Crippen LogP contribution is 2.21. The maximum absolute atomic E-state index is 11.2. The molecule has 1 N–H and O–H groups in total. The minimum Gasteiger partial charge on any atom is -0.273 e. The second-order valence-electron chi connectivity index (χ2n) is 4.87. The number of carbonyl (C=O) groups excluding carboxylic acids is 1. The van der Waals surface area contributed by atoms with E-state index in [-0.39, 0.29) is 11.8 Å². The largest absolute Gasteiger partial charge is 0.273 e. The van der Waals surface area contributed by atoms with Gasteiger partial charge in [-0.05, 0) is 55.2 Å². The number of nitrogens with zero attached hydrogens (tertiary/aromatic N) is 1. The molecule has 0 bridgehead atoms. The Bertz CT molecular complexity index is 480. The molecule has 0 radical (unpaired) electrons. The maximum Gasteiger partial charge on any atom is 0.240 e. The van der Waals surface area contributed by atoms with Crippen LogP contribution in [0, 0.1) is 26.7 Å². The number of nitrogens with one attached hydrogen (secondary N) is 1. The first-order valence-corrected chi connectivity index (χ1v) is 5.93. The second-order valence-corrected chi connectivity index (χ2v) is 4.87. The van der Waals surface area contributed by atoms with Gasteiger partial charge in [-0.2, -0.15) is 5.10 Å². The Hall–Kier alpha value is -1.64. The van der Waals surface area contributed by atoms with Crippen LogP contribution in [-0.4, -0.2) is 11.6 Å². The number of hydrogen-bond acceptors (Lipinski definition) is 2. The third-order valence-corrected chi connectivity index (χ3v) is 3.48. The number of amides is 1. The number of carbonyl (C=O) groups is 1. The van der Waals surface area contributed by atoms with Gasteiger partial charge in [0.25, 0.3) is 0 Å². The van der Waals surface area contributed by atoms with Crippen LogP contribution in [0.15, 0.2) is 17.2 Å². The Morgan fingerprint density at radius 2 is 1.82 bits per heavy atom. The van der Waals surface area contributed by atoms with Crippen molar-refractivity contribution < 1.29 is 4.79 Å². The van der Waals surface area contributed by atoms with Crippen LogP contribution >= 0.6 is 0 Å². The van der Waals surface area contributed by atoms with Crippen molar-refractivity contribution in [2.24, 2.45) is 11.0 Å². The molecule has 1 aromatic carbocycles. The van der Waals surface area contributed by atoms with E-state index in [1.807, 2.05) is 6.92 Å². The number of benzene rings is 1. The van der Waals surface area contributed by atoms with Crippen molar-refractivity contribution in [2.45, 2.75) is 34.1 Å². The highest BCUT2D eigenvalue weighted by Gasteiger charge is 2.22. The fraction of sp³-hybridized carbons (Fsp3) is 0.429. The Kier molecular flexibility index (Phi) is 3.01. The fourth-order valence-electron chi connectivity index (χ4n) is 2.19. The quantitative estimate of drug-likeness (QED) is 0.791. The number of rotatable bonds is 1. The van der Waals surface area contributed by atoms with Crippen molar-refractivity contribution in [3.05, 3.63) is 34.4 Å². The monoisotopic (exact) mass is 230 g/mol. The molecule has 3 nitrogen and oxygen atoms in total. The molecule has 0 saturated heterocycles. The number of hydrogen-bond donors (Lipinski definition) is 1. The lowest BCUT2D eigenvalue weighted by Gasteiger charge is -2.20. The van der Waals surface area contributed by atoms with E-state index in [9.17, 15) is 4.79 Å². The lowest BCUT2D eigenvalue weighted by molar-refractivity contribution is -0.121. The minimum atomic E-state index is 0.00167. The van der Waals surface area contributed by atoms with Gasteiger partial charge in [0.05, 0.1) is 5.71 Å². The van der Waals surface area contributed by atoms with E-state index in [2.05, 4.69) is 43.4 Å². The maximum atomic E-state index is 11.2. The first-order chi connectivity index (χ1) is 7.99. The molecule has 1 atom stereocenters. The summed E-state index contributed by atoms with van der Waals surface area (Å²) in [5.74, 6) is 0.187. The highest BCUT2D eigenvalue weighted by atomic mass is 16.2. The Morgan fingerprint density at radius 1 is 1.24 bits per heavy atom. The summed E-state index contributed by atoms with van der Waals surface area (Å²) in [6.45, 7) is 8.39. The molecule has 1 aliphatic rings. The smallest absolute Gasteiger partial charge is 0.240 e. The first-order valence-electron chi connectivity index (χ1n) is 5.93. The molecule has 1 aliphatic heterocycles. The van der Waals surface area contributed by atoms with Crippen molar-refractivity contribution in [1.82, 2.24) is 5.43 Å². The number of hydrazone groups is 1. The lowest BCUT2D eigenvalue weighted by Crippen LogP contribution is -2.32. The van der Waals surface area contributed by atoms with Crippen LogP contribution in [0.3, 0.4) is 0 Å². The summed E-state index contributed by atoms with van der Waals surface area (Å²) < 4.78 is 0. The molecule has 2 rings (SSSR count). The summed E-state index contributed by atoms with van der Waals surface area (Å²) in [7, 11) is 0. The van der Waals surface area contributed by atoms with E-state index < -0.39 is 0 Å². The van der Waals surface area contributed by atoms with E-state index in [1.54, 1.807) is 0 Å². The normalized spacial score (nSPS) is 19.9. The predicted molar refractivity (Wildman–Crippen MR) is 69.1 cm³/mol. The zero-order valence-electron chi connectivity index (χ0n) is 10.8. The summed E-state index contributed by atoms with van der Waals surface area (Å²) in [6, 6.07) is 4.30. The molecule has 1 aromatic rings. The van der Waals surface area contributed by atoms with Gasteiger partial charge in [-0.1, -0.05) is 6.92 Å². The molecular weight excluding hydrogens is 212 g/mol. The van der Waals surface area contributed by atoms with Crippen LogP contribution in [0.4, 0.5) is 0 Å². The van der Waals surface area contributed by atoms with Crippen LogP contribution in [0.25, 0.3) is 0 Å². The third kappa shape index (κ3) is 2.23. The van der Waals surface area contributed by atoms with Gasteiger partial charge in [-0.3, -0.25) is 4.79 Å². The van der Waals surface area contributed by atoms with Crippen LogP contribution < -0.4 is 5.43 Å².